The van der Waals surface area contributed by atoms with Crippen LogP contribution in [0.4, 0.5) is 0 Å². The fourth-order valence-corrected chi connectivity index (χ4v) is 2.56. The first-order valence-electron chi connectivity index (χ1n) is 7.37. The Hall–Kier alpha value is -2.75. The van der Waals surface area contributed by atoms with Gasteiger partial charge in [0.05, 0.1) is 23.0 Å². The summed E-state index contributed by atoms with van der Waals surface area (Å²) in [4.78, 5) is 28.3. The van der Waals surface area contributed by atoms with Crippen molar-refractivity contribution >= 4 is 34.7 Å². The molecule has 0 aliphatic carbocycles. The summed E-state index contributed by atoms with van der Waals surface area (Å²) < 4.78 is 2.52. The molecule has 126 valence electrons. The zero-order valence-electron chi connectivity index (χ0n) is 13.2. The number of carbonyl (C=O) groups excluding carboxylic acids is 1. The number of rotatable bonds is 4. The minimum absolute atomic E-state index is 0.238. The number of nitrogens with one attached hydrogen (secondary N) is 2. The van der Waals surface area contributed by atoms with E-state index in [-0.39, 0.29) is 5.56 Å². The molecular weight excluding hydrogens is 433 g/mol. The minimum Gasteiger partial charge on any atom is -0.295 e. The average molecular weight is 447 g/mol. The van der Waals surface area contributed by atoms with E-state index in [4.69, 9.17) is 0 Å². The SMILES string of the molecule is Cc1[nH]n(-c2ccc(I)cc2)c(=O)c1/C=N/NC(=O)c1cccnc1. The second-order valence-electron chi connectivity index (χ2n) is 5.21. The van der Waals surface area contributed by atoms with Crippen LogP contribution in [-0.2, 0) is 0 Å². The van der Waals surface area contributed by atoms with E-state index in [1.165, 1.54) is 17.1 Å². The van der Waals surface area contributed by atoms with Crippen molar-refractivity contribution in [3.05, 3.63) is 79.5 Å². The highest BCUT2D eigenvalue weighted by Crippen LogP contribution is 2.10. The Morgan fingerprint density at radius 1 is 1.32 bits per heavy atom. The summed E-state index contributed by atoms with van der Waals surface area (Å²) in [5, 5.41) is 6.88. The minimum atomic E-state index is -0.393. The van der Waals surface area contributed by atoms with Crippen LogP contribution in [0.25, 0.3) is 5.69 Å². The highest BCUT2D eigenvalue weighted by molar-refractivity contribution is 14.1. The van der Waals surface area contributed by atoms with Gasteiger partial charge in [-0.05, 0) is 65.9 Å². The highest BCUT2D eigenvalue weighted by atomic mass is 127. The van der Waals surface area contributed by atoms with Crippen molar-refractivity contribution < 1.29 is 4.79 Å². The van der Waals surface area contributed by atoms with Crippen molar-refractivity contribution in [2.75, 3.05) is 0 Å². The maximum Gasteiger partial charge on any atom is 0.280 e. The van der Waals surface area contributed by atoms with E-state index in [9.17, 15) is 9.59 Å². The molecule has 0 fully saturated rings. The van der Waals surface area contributed by atoms with Gasteiger partial charge in [0.1, 0.15) is 0 Å². The van der Waals surface area contributed by atoms with E-state index in [2.05, 4.69) is 43.2 Å². The summed E-state index contributed by atoms with van der Waals surface area (Å²) in [5.74, 6) is -0.393. The van der Waals surface area contributed by atoms with E-state index >= 15 is 0 Å². The molecule has 3 rings (SSSR count). The summed E-state index contributed by atoms with van der Waals surface area (Å²) in [6.45, 7) is 1.77. The molecule has 2 N–H and O–H groups in total. The highest BCUT2D eigenvalue weighted by Gasteiger charge is 2.11. The third kappa shape index (κ3) is 3.85. The van der Waals surface area contributed by atoms with E-state index in [1.54, 1.807) is 25.3 Å². The van der Waals surface area contributed by atoms with Crippen LogP contribution in [0.1, 0.15) is 21.6 Å². The molecule has 25 heavy (non-hydrogen) atoms. The molecule has 1 aromatic carbocycles. The van der Waals surface area contributed by atoms with E-state index in [0.717, 1.165) is 9.26 Å². The van der Waals surface area contributed by atoms with Crippen molar-refractivity contribution in [1.82, 2.24) is 20.2 Å². The number of hydrazone groups is 1. The smallest absolute Gasteiger partial charge is 0.280 e. The molecule has 7 nitrogen and oxygen atoms in total. The third-order valence-corrected chi connectivity index (χ3v) is 4.20. The Balaban J connectivity index is 1.80. The van der Waals surface area contributed by atoms with E-state index in [0.29, 0.717) is 16.8 Å². The predicted molar refractivity (Wildman–Crippen MR) is 103 cm³/mol. The second-order valence-corrected chi connectivity index (χ2v) is 6.45. The lowest BCUT2D eigenvalue weighted by atomic mass is 10.3. The number of benzene rings is 1. The number of hydrogen-bond acceptors (Lipinski definition) is 4. The molecule has 0 saturated heterocycles. The normalized spacial score (nSPS) is 11.0. The van der Waals surface area contributed by atoms with Crippen molar-refractivity contribution in [1.29, 1.82) is 0 Å². The van der Waals surface area contributed by atoms with Crippen LogP contribution < -0.4 is 11.0 Å². The molecule has 3 aromatic rings. The Kier molecular flexibility index (Phi) is 5.08. The Morgan fingerprint density at radius 2 is 2.08 bits per heavy atom. The lowest BCUT2D eigenvalue weighted by molar-refractivity contribution is 0.0955. The van der Waals surface area contributed by atoms with Gasteiger partial charge < -0.3 is 0 Å². The number of nitrogens with zero attached hydrogens (tertiary/aromatic N) is 3. The Morgan fingerprint density at radius 3 is 2.76 bits per heavy atom. The number of H-pyrrole nitrogens is 1. The molecule has 0 unspecified atom stereocenters. The van der Waals surface area contributed by atoms with Crippen LogP contribution in [0, 0.1) is 10.5 Å². The zero-order chi connectivity index (χ0) is 17.8. The van der Waals surface area contributed by atoms with Gasteiger partial charge in [-0.3, -0.25) is 19.7 Å². The molecule has 0 aliphatic heterocycles. The van der Waals surface area contributed by atoms with Gasteiger partial charge in [-0.1, -0.05) is 0 Å². The summed E-state index contributed by atoms with van der Waals surface area (Å²) in [5.41, 5.74) is 4.30. The van der Waals surface area contributed by atoms with Crippen molar-refractivity contribution in [3.8, 4) is 5.69 Å². The lowest BCUT2D eigenvalue weighted by Gasteiger charge is -2.00. The monoisotopic (exact) mass is 447 g/mol. The zero-order valence-corrected chi connectivity index (χ0v) is 15.4. The molecule has 0 bridgehead atoms. The molecule has 0 spiro atoms. The Bertz CT molecular complexity index is 975. The van der Waals surface area contributed by atoms with E-state index < -0.39 is 5.91 Å². The van der Waals surface area contributed by atoms with Crippen molar-refractivity contribution in [2.45, 2.75) is 6.92 Å². The fourth-order valence-electron chi connectivity index (χ4n) is 2.20. The first kappa shape index (κ1) is 17.1. The van der Waals surface area contributed by atoms with Gasteiger partial charge in [0, 0.05) is 21.7 Å². The largest absolute Gasteiger partial charge is 0.295 e. The summed E-state index contributed by atoms with van der Waals surface area (Å²) in [6.07, 6.45) is 4.36. The molecule has 0 aliphatic rings. The van der Waals surface area contributed by atoms with Gasteiger partial charge in [-0.25, -0.2) is 10.1 Å². The lowest BCUT2D eigenvalue weighted by Crippen LogP contribution is -2.20. The van der Waals surface area contributed by atoms with Gasteiger partial charge in [0.2, 0.25) is 0 Å². The van der Waals surface area contributed by atoms with Gasteiger partial charge in [0.15, 0.2) is 0 Å². The van der Waals surface area contributed by atoms with Crippen molar-refractivity contribution in [2.24, 2.45) is 5.10 Å². The maximum absolute atomic E-state index is 12.5. The second kappa shape index (κ2) is 7.43. The molecule has 1 amide bonds. The number of carbonyl (C=O) groups is 1. The van der Waals surface area contributed by atoms with Gasteiger partial charge in [-0.15, -0.1) is 0 Å². The topological polar surface area (TPSA) is 92.1 Å². The van der Waals surface area contributed by atoms with Crippen LogP contribution in [0.15, 0.2) is 58.7 Å². The summed E-state index contributed by atoms with van der Waals surface area (Å²) >= 11 is 2.20. The van der Waals surface area contributed by atoms with Crippen LogP contribution in [0.2, 0.25) is 0 Å². The van der Waals surface area contributed by atoms with Gasteiger partial charge in [0.25, 0.3) is 11.5 Å². The van der Waals surface area contributed by atoms with Crippen LogP contribution in [0.3, 0.4) is 0 Å². The first-order chi connectivity index (χ1) is 12.1. The number of amides is 1. The number of aryl methyl sites for hydroxylation is 1. The molecule has 0 atom stereocenters. The number of halogens is 1. The van der Waals surface area contributed by atoms with Crippen molar-refractivity contribution in [3.63, 3.8) is 0 Å². The van der Waals surface area contributed by atoms with Crippen LogP contribution in [0.5, 0.6) is 0 Å². The summed E-state index contributed by atoms with van der Waals surface area (Å²) in [7, 11) is 0. The fraction of sp³-hybridized carbons (Fsp3) is 0.0588. The molecule has 2 heterocycles. The predicted octanol–water partition coefficient (Wildman–Crippen LogP) is 2.24. The molecule has 0 saturated carbocycles. The number of aromatic amines is 1. The van der Waals surface area contributed by atoms with Gasteiger partial charge >= 0.3 is 0 Å². The molecule has 2 aromatic heterocycles. The summed E-state index contributed by atoms with van der Waals surface area (Å²) in [6, 6.07) is 10.8. The first-order valence-corrected chi connectivity index (χ1v) is 8.45. The maximum atomic E-state index is 12.5. The number of aromatic nitrogens is 3. The van der Waals surface area contributed by atoms with Gasteiger partial charge in [-0.2, -0.15) is 5.10 Å². The number of pyridine rings is 1. The van der Waals surface area contributed by atoms with Crippen LogP contribution in [-0.4, -0.2) is 26.9 Å². The van der Waals surface area contributed by atoms with Crippen LogP contribution >= 0.6 is 22.6 Å². The number of hydrogen-bond donors (Lipinski definition) is 2. The standard InChI is InChI=1S/C17H14IN5O2/c1-11-15(10-20-21-16(24)12-3-2-8-19-9-12)17(25)23(22-11)14-6-4-13(18)5-7-14/h2-10,22H,1H3,(H,21,24)/b20-10+. The Labute approximate surface area is 156 Å². The molecular formula is C17H14IN5O2. The quantitative estimate of drug-likeness (QED) is 0.365. The molecule has 0 radical (unpaired) electrons. The van der Waals surface area contributed by atoms with E-state index in [1.807, 2.05) is 24.3 Å². The third-order valence-electron chi connectivity index (χ3n) is 3.49. The average Bonchev–Trinajstić information content (AvgIpc) is 2.91. The molecule has 8 heteroatoms.